The molecule has 19 heavy (non-hydrogen) atoms. The Morgan fingerprint density at radius 3 is 2.53 bits per heavy atom. The van der Waals surface area contributed by atoms with Crippen molar-refractivity contribution in [1.29, 1.82) is 0 Å². The minimum Gasteiger partial charge on any atom is -0.480 e. The Balaban J connectivity index is 3.22. The number of carbonyl (C=O) groups is 1. The van der Waals surface area contributed by atoms with E-state index in [1.54, 1.807) is 0 Å². The third kappa shape index (κ3) is 3.40. The molecule has 0 radical (unpaired) electrons. The minimum atomic E-state index is -4.11. The van der Waals surface area contributed by atoms with Gasteiger partial charge in [0.2, 0.25) is 10.0 Å². The number of aliphatic carboxylic acids is 1. The summed E-state index contributed by atoms with van der Waals surface area (Å²) in [6, 6.07) is 2.84. The predicted molar refractivity (Wildman–Crippen MR) is 65.6 cm³/mol. The topological polar surface area (TPSA) is 118 Å². The van der Waals surface area contributed by atoms with E-state index in [4.69, 9.17) is 16.7 Å². The van der Waals surface area contributed by atoms with Crippen LogP contribution in [0, 0.1) is 10.1 Å². The van der Waals surface area contributed by atoms with Crippen molar-refractivity contribution in [3.8, 4) is 0 Å². The monoisotopic (exact) mass is 308 g/mol. The standard InChI is InChI=1S/C9H9ClN2O6S/c1-11(5-9(13)14)19(17,18)8-3-2-6(12(15)16)4-7(8)10/h2-4H,5H2,1H3,(H,13,14). The average molecular weight is 309 g/mol. The number of nitro benzene ring substituents is 1. The molecule has 0 bridgehead atoms. The van der Waals surface area contributed by atoms with Crippen LogP contribution < -0.4 is 0 Å². The van der Waals surface area contributed by atoms with Gasteiger partial charge in [-0.3, -0.25) is 14.9 Å². The lowest BCUT2D eigenvalue weighted by molar-refractivity contribution is -0.384. The lowest BCUT2D eigenvalue weighted by Gasteiger charge is -2.15. The van der Waals surface area contributed by atoms with Gasteiger partial charge in [-0.15, -0.1) is 0 Å². The number of sulfonamides is 1. The van der Waals surface area contributed by atoms with Crippen LogP contribution in [-0.2, 0) is 14.8 Å². The molecule has 0 saturated carbocycles. The molecule has 10 heteroatoms. The summed E-state index contributed by atoms with van der Waals surface area (Å²) in [5.41, 5.74) is -0.357. The van der Waals surface area contributed by atoms with Crippen LogP contribution in [0.4, 0.5) is 5.69 Å². The van der Waals surface area contributed by atoms with E-state index in [9.17, 15) is 23.3 Å². The van der Waals surface area contributed by atoms with Crippen molar-refractivity contribution < 1.29 is 23.2 Å². The number of nitro groups is 1. The first-order valence-electron chi connectivity index (χ1n) is 4.78. The largest absolute Gasteiger partial charge is 0.480 e. The molecule has 8 nitrogen and oxygen atoms in total. The molecule has 0 aliphatic heterocycles. The number of halogens is 1. The fourth-order valence-electron chi connectivity index (χ4n) is 1.26. The van der Waals surface area contributed by atoms with Gasteiger partial charge in [0.25, 0.3) is 5.69 Å². The van der Waals surface area contributed by atoms with E-state index in [1.807, 2.05) is 0 Å². The molecule has 0 unspecified atom stereocenters. The van der Waals surface area contributed by atoms with Gasteiger partial charge in [0, 0.05) is 19.2 Å². The van der Waals surface area contributed by atoms with E-state index < -0.39 is 27.5 Å². The molecule has 0 spiro atoms. The quantitative estimate of drug-likeness (QED) is 0.639. The molecular weight excluding hydrogens is 300 g/mol. The van der Waals surface area contributed by atoms with Gasteiger partial charge in [-0.1, -0.05) is 11.6 Å². The number of hydrogen-bond donors (Lipinski definition) is 1. The highest BCUT2D eigenvalue weighted by Gasteiger charge is 2.26. The lowest BCUT2D eigenvalue weighted by atomic mass is 10.3. The Hall–Kier alpha value is -1.71. The highest BCUT2D eigenvalue weighted by Crippen LogP contribution is 2.27. The van der Waals surface area contributed by atoms with Gasteiger partial charge in [0.1, 0.15) is 11.4 Å². The van der Waals surface area contributed by atoms with Gasteiger partial charge in [-0.05, 0) is 6.07 Å². The third-order valence-corrected chi connectivity index (χ3v) is 4.46. The van der Waals surface area contributed by atoms with Crippen LogP contribution >= 0.6 is 11.6 Å². The first kappa shape index (κ1) is 15.3. The normalized spacial score (nSPS) is 11.5. The molecule has 1 N–H and O–H groups in total. The highest BCUT2D eigenvalue weighted by atomic mass is 35.5. The molecule has 104 valence electrons. The van der Waals surface area contributed by atoms with Crippen LogP contribution in [0.2, 0.25) is 5.02 Å². The molecule has 0 heterocycles. The maximum atomic E-state index is 12.0. The molecule has 0 aromatic heterocycles. The van der Waals surface area contributed by atoms with Crippen LogP contribution in [0.15, 0.2) is 23.1 Å². The van der Waals surface area contributed by atoms with E-state index in [0.717, 1.165) is 25.2 Å². The van der Waals surface area contributed by atoms with Gasteiger partial charge >= 0.3 is 5.97 Å². The van der Waals surface area contributed by atoms with Crippen molar-refractivity contribution in [3.05, 3.63) is 33.3 Å². The minimum absolute atomic E-state index is 0.341. The van der Waals surface area contributed by atoms with Crippen molar-refractivity contribution in [1.82, 2.24) is 4.31 Å². The number of benzene rings is 1. The molecule has 0 atom stereocenters. The van der Waals surface area contributed by atoms with Crippen LogP contribution in [0.5, 0.6) is 0 Å². The van der Waals surface area contributed by atoms with Crippen LogP contribution in [-0.4, -0.2) is 42.3 Å². The number of carboxylic acid groups (broad SMARTS) is 1. The zero-order valence-corrected chi connectivity index (χ0v) is 11.2. The summed E-state index contributed by atoms with van der Waals surface area (Å²) in [7, 11) is -3.04. The maximum Gasteiger partial charge on any atom is 0.318 e. The number of likely N-dealkylation sites (N-methyl/N-ethyl adjacent to an activating group) is 1. The average Bonchev–Trinajstić information content (AvgIpc) is 2.27. The molecule has 1 aromatic carbocycles. The van der Waals surface area contributed by atoms with Gasteiger partial charge in [0.05, 0.1) is 9.95 Å². The first-order valence-corrected chi connectivity index (χ1v) is 6.60. The summed E-state index contributed by atoms with van der Waals surface area (Å²) in [4.78, 5) is 19.9. The first-order chi connectivity index (χ1) is 8.66. The van der Waals surface area contributed by atoms with Crippen molar-refractivity contribution in [2.45, 2.75) is 4.90 Å². The summed E-state index contributed by atoms with van der Waals surface area (Å²) < 4.78 is 24.5. The second-order valence-electron chi connectivity index (χ2n) is 3.53. The smallest absolute Gasteiger partial charge is 0.318 e. The number of hydrogen-bond acceptors (Lipinski definition) is 5. The zero-order valence-electron chi connectivity index (χ0n) is 9.61. The molecule has 0 amide bonds. The molecule has 0 fully saturated rings. The Morgan fingerprint density at radius 1 is 1.53 bits per heavy atom. The maximum absolute atomic E-state index is 12.0. The van der Waals surface area contributed by atoms with E-state index in [0.29, 0.717) is 4.31 Å². The van der Waals surface area contributed by atoms with E-state index >= 15 is 0 Å². The van der Waals surface area contributed by atoms with E-state index in [2.05, 4.69) is 0 Å². The van der Waals surface area contributed by atoms with Crippen molar-refractivity contribution >= 4 is 33.3 Å². The highest BCUT2D eigenvalue weighted by molar-refractivity contribution is 7.89. The summed E-state index contributed by atoms with van der Waals surface area (Å²) in [6.45, 7) is -0.740. The second kappa shape index (κ2) is 5.51. The molecule has 0 saturated heterocycles. The third-order valence-electron chi connectivity index (χ3n) is 2.17. The van der Waals surface area contributed by atoms with Crippen molar-refractivity contribution in [2.75, 3.05) is 13.6 Å². The molecule has 1 rings (SSSR count). The SMILES string of the molecule is CN(CC(=O)O)S(=O)(=O)c1ccc([N+](=O)[O-])cc1Cl. The van der Waals surface area contributed by atoms with E-state index in [1.165, 1.54) is 0 Å². The van der Waals surface area contributed by atoms with Gasteiger partial charge < -0.3 is 5.11 Å². The predicted octanol–water partition coefficient (Wildman–Crippen LogP) is 0.953. The summed E-state index contributed by atoms with van der Waals surface area (Å²) in [5.74, 6) is -1.33. The Bertz CT molecular complexity index is 630. The van der Waals surface area contributed by atoms with Crippen LogP contribution in [0.25, 0.3) is 0 Å². The van der Waals surface area contributed by atoms with Crippen molar-refractivity contribution in [2.24, 2.45) is 0 Å². The number of carboxylic acids is 1. The molecular formula is C9H9ClN2O6S. The molecule has 0 aliphatic carbocycles. The fraction of sp³-hybridized carbons (Fsp3) is 0.222. The number of rotatable bonds is 5. The van der Waals surface area contributed by atoms with Gasteiger partial charge in [-0.2, -0.15) is 4.31 Å². The summed E-state index contributed by atoms with van der Waals surface area (Å²) >= 11 is 5.68. The Labute approximate surface area is 113 Å². The van der Waals surface area contributed by atoms with Gasteiger partial charge in [-0.25, -0.2) is 8.42 Å². The van der Waals surface area contributed by atoms with Crippen LogP contribution in [0.1, 0.15) is 0 Å². The lowest BCUT2D eigenvalue weighted by Crippen LogP contribution is -2.32. The fourth-order valence-corrected chi connectivity index (χ4v) is 2.88. The Kier molecular flexibility index (Phi) is 4.45. The van der Waals surface area contributed by atoms with Crippen LogP contribution in [0.3, 0.4) is 0 Å². The summed E-state index contributed by atoms with van der Waals surface area (Å²) in [6.07, 6.45) is 0. The number of non-ortho nitro benzene ring substituents is 1. The second-order valence-corrected chi connectivity index (χ2v) is 5.95. The van der Waals surface area contributed by atoms with E-state index in [-0.39, 0.29) is 15.6 Å². The molecule has 0 aliphatic rings. The summed E-state index contributed by atoms with van der Waals surface area (Å²) in [5, 5.41) is 18.7. The molecule has 1 aromatic rings. The van der Waals surface area contributed by atoms with Crippen molar-refractivity contribution in [3.63, 3.8) is 0 Å². The zero-order chi connectivity index (χ0) is 14.8. The van der Waals surface area contributed by atoms with Gasteiger partial charge in [0.15, 0.2) is 0 Å². The number of nitrogens with zero attached hydrogens (tertiary/aromatic N) is 2. The Morgan fingerprint density at radius 2 is 2.11 bits per heavy atom.